The first kappa shape index (κ1) is 51.2. The van der Waals surface area contributed by atoms with E-state index in [1.807, 2.05) is 45.3 Å². The predicted molar refractivity (Wildman–Crippen MR) is 294 cm³/mol. The molecule has 2 nitrogen and oxygen atoms in total. The van der Waals surface area contributed by atoms with Gasteiger partial charge in [0, 0.05) is 40.4 Å². The van der Waals surface area contributed by atoms with E-state index in [1.54, 1.807) is 0 Å². The average Bonchev–Trinajstić information content (AvgIpc) is 4.14. The van der Waals surface area contributed by atoms with Crippen LogP contribution < -0.4 is 0 Å². The molecule has 0 aliphatic heterocycles. The van der Waals surface area contributed by atoms with Gasteiger partial charge in [0.2, 0.25) is 0 Å². The SMILES string of the molecule is CCCCCCCCc1cc(-c2sc(-c3ccc(-c4cc(CCCCCCCC)c(-c5cc(CCCCCCCC)c(Br)s5)s4)c4nsnc34)cc2CCCCCCCC)sc1Br. The Labute approximate surface area is 419 Å². The molecule has 0 atom stereocenters. The minimum Gasteiger partial charge on any atom is -0.172 e. The van der Waals surface area contributed by atoms with Crippen LogP contribution in [0.25, 0.3) is 51.4 Å². The van der Waals surface area contributed by atoms with E-state index in [1.165, 1.54) is 236 Å². The first-order valence-corrected chi connectivity index (χ1v) is 30.6. The molecular weight excluding hydrogens is 997 g/mol. The highest BCUT2D eigenvalue weighted by atomic mass is 79.9. The quantitative estimate of drug-likeness (QED) is 0.0394. The fourth-order valence-electron chi connectivity index (χ4n) is 8.94. The Hall–Kier alpha value is -1.20. The molecule has 0 aliphatic rings. The van der Waals surface area contributed by atoms with Crippen molar-refractivity contribution >= 4 is 100.0 Å². The van der Waals surface area contributed by atoms with Crippen LogP contribution in [0.2, 0.25) is 0 Å². The summed E-state index contributed by atoms with van der Waals surface area (Å²) in [6.07, 6.45) is 36.4. The van der Waals surface area contributed by atoms with Gasteiger partial charge in [-0.3, -0.25) is 0 Å². The van der Waals surface area contributed by atoms with Crippen molar-refractivity contribution in [1.29, 1.82) is 0 Å². The second-order valence-electron chi connectivity index (χ2n) is 17.9. The minimum absolute atomic E-state index is 1.06. The zero-order valence-corrected chi connectivity index (χ0v) is 46.2. The van der Waals surface area contributed by atoms with Crippen molar-refractivity contribution in [1.82, 2.24) is 8.75 Å². The molecule has 0 bridgehead atoms. The van der Waals surface area contributed by atoms with E-state index < -0.39 is 0 Å². The van der Waals surface area contributed by atoms with Gasteiger partial charge < -0.3 is 0 Å². The third-order valence-electron chi connectivity index (χ3n) is 12.7. The maximum absolute atomic E-state index is 5.05. The zero-order chi connectivity index (χ0) is 44.2. The molecule has 9 heteroatoms. The van der Waals surface area contributed by atoms with Gasteiger partial charge in [0.15, 0.2) is 0 Å². The normalized spacial score (nSPS) is 11.8. The molecule has 0 N–H and O–H groups in total. The van der Waals surface area contributed by atoms with Crippen molar-refractivity contribution in [2.24, 2.45) is 0 Å². The second kappa shape index (κ2) is 28.2. The highest BCUT2D eigenvalue weighted by Gasteiger charge is 2.22. The number of thiophene rings is 4. The molecule has 5 heterocycles. The van der Waals surface area contributed by atoms with Gasteiger partial charge in [-0.25, -0.2) is 0 Å². The maximum Gasteiger partial charge on any atom is 0.114 e. The number of benzene rings is 1. The zero-order valence-electron chi connectivity index (χ0n) is 39.0. The number of hydrogen-bond acceptors (Lipinski definition) is 7. The van der Waals surface area contributed by atoms with E-state index in [0.29, 0.717) is 0 Å². The summed E-state index contributed by atoms with van der Waals surface area (Å²) in [4.78, 5) is 8.41. The molecular formula is C54H74Br2N2S5. The van der Waals surface area contributed by atoms with Crippen molar-refractivity contribution in [2.75, 3.05) is 0 Å². The molecule has 0 saturated carbocycles. The van der Waals surface area contributed by atoms with E-state index in [0.717, 1.165) is 36.7 Å². The predicted octanol–water partition coefficient (Wildman–Crippen LogP) is 21.7. The van der Waals surface area contributed by atoms with E-state index >= 15 is 0 Å². The molecule has 6 rings (SSSR count). The van der Waals surface area contributed by atoms with Crippen LogP contribution >= 0.6 is 88.9 Å². The topological polar surface area (TPSA) is 25.8 Å². The van der Waals surface area contributed by atoms with Gasteiger partial charge in [-0.2, -0.15) is 8.75 Å². The summed E-state index contributed by atoms with van der Waals surface area (Å²) in [7, 11) is 0. The number of fused-ring (bicyclic) bond motifs is 1. The molecule has 0 radical (unpaired) electrons. The number of halogens is 2. The molecule has 0 aliphatic carbocycles. The molecule has 344 valence electrons. The monoisotopic (exact) mass is 1070 g/mol. The number of unbranched alkanes of at least 4 members (excludes halogenated alkanes) is 20. The van der Waals surface area contributed by atoms with Gasteiger partial charge in [0.05, 0.1) is 19.3 Å². The number of nitrogens with zero attached hydrogens (tertiary/aromatic N) is 2. The fourth-order valence-corrected chi connectivity index (χ4v) is 15.8. The molecule has 0 fully saturated rings. The Bertz CT molecular complexity index is 2070. The number of hydrogen-bond donors (Lipinski definition) is 0. The van der Waals surface area contributed by atoms with Gasteiger partial charge in [0.25, 0.3) is 0 Å². The van der Waals surface area contributed by atoms with Crippen molar-refractivity contribution in [3.63, 3.8) is 0 Å². The summed E-state index contributed by atoms with van der Waals surface area (Å²) in [6.45, 7) is 9.22. The first-order valence-electron chi connectivity index (χ1n) is 25.0. The van der Waals surface area contributed by atoms with E-state index in [2.05, 4.69) is 96.0 Å². The molecule has 5 aromatic heterocycles. The van der Waals surface area contributed by atoms with Crippen LogP contribution in [0.1, 0.15) is 204 Å². The lowest BCUT2D eigenvalue weighted by Crippen LogP contribution is -1.87. The highest BCUT2D eigenvalue weighted by molar-refractivity contribution is 9.11. The van der Waals surface area contributed by atoms with Crippen LogP contribution in [0.4, 0.5) is 0 Å². The third kappa shape index (κ3) is 15.1. The van der Waals surface area contributed by atoms with Crippen molar-refractivity contribution in [3.8, 4) is 40.4 Å². The van der Waals surface area contributed by atoms with Gasteiger partial charge in [0.1, 0.15) is 11.0 Å². The lowest BCUT2D eigenvalue weighted by Gasteiger charge is -2.04. The molecule has 0 spiro atoms. The van der Waals surface area contributed by atoms with Gasteiger partial charge in [-0.15, -0.1) is 45.3 Å². The largest absolute Gasteiger partial charge is 0.172 e. The highest BCUT2D eigenvalue weighted by Crippen LogP contribution is 2.49. The van der Waals surface area contributed by atoms with Crippen molar-refractivity contribution in [2.45, 2.75) is 207 Å². The minimum atomic E-state index is 1.06. The summed E-state index contributed by atoms with van der Waals surface area (Å²) in [5.41, 5.74) is 10.6. The lowest BCUT2D eigenvalue weighted by atomic mass is 10.0. The number of aryl methyl sites for hydroxylation is 4. The number of aromatic nitrogens is 2. The summed E-state index contributed by atoms with van der Waals surface area (Å²) < 4.78 is 12.7. The smallest absolute Gasteiger partial charge is 0.114 e. The Morgan fingerprint density at radius 2 is 0.667 bits per heavy atom. The first-order chi connectivity index (χ1) is 30.9. The molecule has 0 saturated heterocycles. The molecule has 1 aromatic carbocycles. The van der Waals surface area contributed by atoms with E-state index in [4.69, 9.17) is 8.75 Å². The van der Waals surface area contributed by atoms with Crippen LogP contribution in [-0.4, -0.2) is 8.75 Å². The third-order valence-corrected chi connectivity index (χ3v) is 20.0. The van der Waals surface area contributed by atoms with Crippen molar-refractivity contribution in [3.05, 3.63) is 66.2 Å². The Morgan fingerprint density at radius 1 is 0.365 bits per heavy atom. The standard InChI is InChI=1S/C54H74Br2N2S5/c1-5-9-13-17-21-25-29-39-35-45(59-51(39)47-37-41(53(55)61-47)31-27-23-19-15-11-7-3)43-33-34-44(50-49(43)57-63-58-50)46-36-40(30-26-22-18-14-10-6-2)52(60-46)48-38-42(54(56)62-48)32-28-24-20-16-12-8-4/h33-38H,5-32H2,1-4H3. The maximum atomic E-state index is 5.05. The van der Waals surface area contributed by atoms with Crippen molar-refractivity contribution < 1.29 is 0 Å². The van der Waals surface area contributed by atoms with Crippen LogP contribution in [0.5, 0.6) is 0 Å². The summed E-state index contributed by atoms with van der Waals surface area (Å²) in [5, 5.41) is 0. The lowest BCUT2D eigenvalue weighted by molar-refractivity contribution is 0.607. The van der Waals surface area contributed by atoms with E-state index in [9.17, 15) is 0 Å². The summed E-state index contributed by atoms with van der Waals surface area (Å²) >= 11 is 17.2. The second-order valence-corrected chi connectivity index (χ2v) is 25.3. The summed E-state index contributed by atoms with van der Waals surface area (Å²) in [6, 6.07) is 14.8. The van der Waals surface area contributed by atoms with Crippen LogP contribution in [0.15, 0.2) is 44.0 Å². The van der Waals surface area contributed by atoms with Crippen LogP contribution in [0.3, 0.4) is 0 Å². The Kier molecular flexibility index (Phi) is 22.9. The van der Waals surface area contributed by atoms with E-state index in [-0.39, 0.29) is 0 Å². The molecule has 0 amide bonds. The van der Waals surface area contributed by atoms with Gasteiger partial charge in [-0.1, -0.05) is 168 Å². The fraction of sp³-hybridized carbons (Fsp3) is 0.593. The summed E-state index contributed by atoms with van der Waals surface area (Å²) in [5.74, 6) is 0. The molecule has 0 unspecified atom stereocenters. The number of rotatable bonds is 32. The average molecular weight is 1070 g/mol. The molecule has 63 heavy (non-hydrogen) atoms. The van der Waals surface area contributed by atoms with Gasteiger partial charge in [-0.05, 0) is 130 Å². The van der Waals surface area contributed by atoms with Gasteiger partial charge >= 0.3 is 0 Å². The van der Waals surface area contributed by atoms with Crippen LogP contribution in [0, 0.1) is 0 Å². The Balaban J connectivity index is 1.28. The Morgan fingerprint density at radius 3 is 1.02 bits per heavy atom. The van der Waals surface area contributed by atoms with Crippen LogP contribution in [-0.2, 0) is 25.7 Å². The molecule has 6 aromatic rings.